The Kier molecular flexibility index (Phi) is 4.04. The molecule has 0 unspecified atom stereocenters. The molecule has 18 heavy (non-hydrogen) atoms. The minimum atomic E-state index is -0.295. The van der Waals surface area contributed by atoms with Crippen LogP contribution in [0.25, 0.3) is 0 Å². The van der Waals surface area contributed by atoms with Crippen molar-refractivity contribution in [3.8, 4) is 0 Å². The summed E-state index contributed by atoms with van der Waals surface area (Å²) in [7, 11) is 0. The fourth-order valence-electron chi connectivity index (χ4n) is 1.56. The van der Waals surface area contributed by atoms with E-state index in [0.29, 0.717) is 6.54 Å². The zero-order valence-electron chi connectivity index (χ0n) is 9.94. The van der Waals surface area contributed by atoms with Crippen molar-refractivity contribution in [1.82, 2.24) is 10.3 Å². The molecule has 1 amide bonds. The molecule has 0 radical (unpaired) electrons. The van der Waals surface area contributed by atoms with E-state index >= 15 is 0 Å². The Hall–Kier alpha value is -1.75. The summed E-state index contributed by atoms with van der Waals surface area (Å²) < 4.78 is 12.9. The minimum Gasteiger partial charge on any atom is -0.352 e. The zero-order valence-corrected chi connectivity index (χ0v) is 10.8. The quantitative estimate of drug-likeness (QED) is 0.921. The van der Waals surface area contributed by atoms with Crippen molar-refractivity contribution in [1.29, 1.82) is 0 Å². The maximum Gasteiger partial charge on any atom is 0.226 e. The first kappa shape index (κ1) is 12.7. The van der Waals surface area contributed by atoms with E-state index in [-0.39, 0.29) is 18.1 Å². The summed E-state index contributed by atoms with van der Waals surface area (Å²) in [4.78, 5) is 15.9. The number of aromatic nitrogens is 1. The molecule has 0 aliphatic heterocycles. The first-order valence-electron chi connectivity index (χ1n) is 5.55. The molecule has 3 nitrogen and oxygen atoms in total. The number of carbonyl (C=O) groups excluding carboxylic acids is 1. The summed E-state index contributed by atoms with van der Waals surface area (Å²) in [5.74, 6) is -0.401. The lowest BCUT2D eigenvalue weighted by molar-refractivity contribution is -0.120. The molecule has 0 spiro atoms. The molecular formula is C13H13FN2OS. The standard InChI is InChI=1S/C13H13FN2OS/c1-9-16-12(8-18-9)6-13(17)15-7-10-3-2-4-11(14)5-10/h2-5,8H,6-7H2,1H3,(H,15,17). The van der Waals surface area contributed by atoms with Gasteiger partial charge in [0.15, 0.2) is 0 Å². The molecule has 1 heterocycles. The van der Waals surface area contributed by atoms with Crippen LogP contribution >= 0.6 is 11.3 Å². The molecule has 1 aromatic carbocycles. The van der Waals surface area contributed by atoms with Crippen LogP contribution in [0.4, 0.5) is 4.39 Å². The number of hydrogen-bond acceptors (Lipinski definition) is 3. The molecule has 0 fully saturated rings. The third-order valence-electron chi connectivity index (χ3n) is 2.39. The lowest BCUT2D eigenvalue weighted by atomic mass is 10.2. The van der Waals surface area contributed by atoms with Gasteiger partial charge in [-0.25, -0.2) is 9.37 Å². The summed E-state index contributed by atoms with van der Waals surface area (Å²) in [5, 5.41) is 5.56. The first-order chi connectivity index (χ1) is 8.63. The normalized spacial score (nSPS) is 10.3. The van der Waals surface area contributed by atoms with Gasteiger partial charge >= 0.3 is 0 Å². The molecule has 0 atom stereocenters. The van der Waals surface area contributed by atoms with E-state index < -0.39 is 0 Å². The molecule has 0 saturated heterocycles. The average molecular weight is 264 g/mol. The first-order valence-corrected chi connectivity index (χ1v) is 6.43. The van der Waals surface area contributed by atoms with E-state index in [1.807, 2.05) is 12.3 Å². The fourth-order valence-corrected chi connectivity index (χ4v) is 2.18. The summed E-state index contributed by atoms with van der Waals surface area (Å²) in [6.45, 7) is 2.23. The van der Waals surface area contributed by atoms with Gasteiger partial charge in [-0.05, 0) is 24.6 Å². The predicted molar refractivity (Wildman–Crippen MR) is 68.8 cm³/mol. The van der Waals surface area contributed by atoms with Crippen molar-refractivity contribution < 1.29 is 9.18 Å². The smallest absolute Gasteiger partial charge is 0.226 e. The maximum atomic E-state index is 12.9. The fraction of sp³-hybridized carbons (Fsp3) is 0.231. The van der Waals surface area contributed by atoms with E-state index in [1.165, 1.54) is 23.5 Å². The second-order valence-electron chi connectivity index (χ2n) is 3.94. The van der Waals surface area contributed by atoms with Crippen LogP contribution in [-0.2, 0) is 17.8 Å². The van der Waals surface area contributed by atoms with Crippen molar-refractivity contribution >= 4 is 17.2 Å². The van der Waals surface area contributed by atoms with E-state index in [2.05, 4.69) is 10.3 Å². The number of amides is 1. The Balaban J connectivity index is 1.85. The number of carbonyl (C=O) groups is 1. The molecule has 5 heteroatoms. The van der Waals surface area contributed by atoms with Gasteiger partial charge in [-0.3, -0.25) is 4.79 Å². The SMILES string of the molecule is Cc1nc(CC(=O)NCc2cccc(F)c2)cs1. The molecule has 1 N–H and O–H groups in total. The van der Waals surface area contributed by atoms with Crippen LogP contribution in [0.5, 0.6) is 0 Å². The van der Waals surface area contributed by atoms with E-state index in [4.69, 9.17) is 0 Å². The summed E-state index contributed by atoms with van der Waals surface area (Å²) in [6.07, 6.45) is 0.264. The molecule has 0 aliphatic rings. The van der Waals surface area contributed by atoms with Crippen molar-refractivity contribution in [3.05, 3.63) is 51.7 Å². The van der Waals surface area contributed by atoms with Gasteiger partial charge in [-0.2, -0.15) is 0 Å². The zero-order chi connectivity index (χ0) is 13.0. The van der Waals surface area contributed by atoms with Gasteiger partial charge in [-0.1, -0.05) is 12.1 Å². The van der Waals surface area contributed by atoms with Crippen LogP contribution in [0, 0.1) is 12.7 Å². The lowest BCUT2D eigenvalue weighted by Crippen LogP contribution is -2.24. The number of hydrogen-bond donors (Lipinski definition) is 1. The van der Waals surface area contributed by atoms with Gasteiger partial charge in [0.2, 0.25) is 5.91 Å². The topological polar surface area (TPSA) is 42.0 Å². The van der Waals surface area contributed by atoms with Crippen molar-refractivity contribution in [2.75, 3.05) is 0 Å². The second-order valence-corrected chi connectivity index (χ2v) is 5.00. The third kappa shape index (κ3) is 3.63. The van der Waals surface area contributed by atoms with Crippen LogP contribution < -0.4 is 5.32 Å². The van der Waals surface area contributed by atoms with Gasteiger partial charge in [0.05, 0.1) is 17.1 Å². The molecule has 0 aliphatic carbocycles. The van der Waals surface area contributed by atoms with Crippen molar-refractivity contribution in [2.45, 2.75) is 19.9 Å². The summed E-state index contributed by atoms with van der Waals surface area (Å²) >= 11 is 1.52. The summed E-state index contributed by atoms with van der Waals surface area (Å²) in [6, 6.07) is 6.19. The number of rotatable bonds is 4. The molecule has 2 aromatic rings. The van der Waals surface area contributed by atoms with Gasteiger partial charge in [0, 0.05) is 11.9 Å². The molecule has 0 saturated carbocycles. The molecule has 0 bridgehead atoms. The molecule has 2 rings (SSSR count). The summed E-state index contributed by atoms with van der Waals surface area (Å²) in [5.41, 5.74) is 1.52. The Morgan fingerprint density at radius 3 is 3.00 bits per heavy atom. The van der Waals surface area contributed by atoms with Gasteiger partial charge in [0.1, 0.15) is 5.82 Å². The van der Waals surface area contributed by atoms with Gasteiger partial charge in [-0.15, -0.1) is 11.3 Å². The Labute approximate surface area is 109 Å². The van der Waals surface area contributed by atoms with Crippen molar-refractivity contribution in [3.63, 3.8) is 0 Å². The van der Waals surface area contributed by atoms with Crippen molar-refractivity contribution in [2.24, 2.45) is 0 Å². The largest absolute Gasteiger partial charge is 0.352 e. The number of aryl methyl sites for hydroxylation is 1. The van der Waals surface area contributed by atoms with E-state index in [0.717, 1.165) is 16.3 Å². The van der Waals surface area contributed by atoms with Gasteiger partial charge in [0.25, 0.3) is 0 Å². The highest BCUT2D eigenvalue weighted by molar-refractivity contribution is 7.09. The maximum absolute atomic E-state index is 12.9. The second kappa shape index (κ2) is 5.73. The van der Waals surface area contributed by atoms with E-state index in [9.17, 15) is 9.18 Å². The van der Waals surface area contributed by atoms with Gasteiger partial charge < -0.3 is 5.32 Å². The number of thiazole rings is 1. The number of benzene rings is 1. The third-order valence-corrected chi connectivity index (χ3v) is 3.21. The number of nitrogens with one attached hydrogen (secondary N) is 1. The van der Waals surface area contributed by atoms with Crippen LogP contribution in [0.1, 0.15) is 16.3 Å². The van der Waals surface area contributed by atoms with Crippen LogP contribution in [-0.4, -0.2) is 10.9 Å². The Bertz CT molecular complexity index is 553. The average Bonchev–Trinajstić information content (AvgIpc) is 2.72. The minimum absolute atomic E-state index is 0.107. The number of nitrogens with zero attached hydrogens (tertiary/aromatic N) is 1. The molecule has 94 valence electrons. The predicted octanol–water partition coefficient (Wildman–Crippen LogP) is 2.45. The monoisotopic (exact) mass is 264 g/mol. The Morgan fingerprint density at radius 1 is 1.50 bits per heavy atom. The number of halogens is 1. The highest BCUT2D eigenvalue weighted by Gasteiger charge is 2.06. The molecule has 1 aromatic heterocycles. The van der Waals surface area contributed by atoms with E-state index in [1.54, 1.807) is 12.1 Å². The van der Waals surface area contributed by atoms with Crippen LogP contribution in [0.3, 0.4) is 0 Å². The van der Waals surface area contributed by atoms with Crippen LogP contribution in [0.15, 0.2) is 29.6 Å². The lowest BCUT2D eigenvalue weighted by Gasteiger charge is -2.04. The highest BCUT2D eigenvalue weighted by atomic mass is 32.1. The molecular weight excluding hydrogens is 251 g/mol. The highest BCUT2D eigenvalue weighted by Crippen LogP contribution is 2.08. The Morgan fingerprint density at radius 2 is 2.33 bits per heavy atom. The van der Waals surface area contributed by atoms with Crippen LogP contribution in [0.2, 0.25) is 0 Å².